The van der Waals surface area contributed by atoms with Crippen molar-refractivity contribution in [3.8, 4) is 5.75 Å². The third kappa shape index (κ3) is 5.01. The Balaban J connectivity index is 1.45. The van der Waals surface area contributed by atoms with Crippen LogP contribution in [0.5, 0.6) is 5.75 Å². The number of para-hydroxylation sites is 1. The van der Waals surface area contributed by atoms with Gasteiger partial charge in [-0.3, -0.25) is 34.2 Å². The zero-order valence-electron chi connectivity index (χ0n) is 16.1. The number of hydrogen-bond donors (Lipinski definition) is 1. The predicted octanol–water partition coefficient (Wildman–Crippen LogP) is 0.929. The van der Waals surface area contributed by atoms with Crippen LogP contribution in [-0.2, 0) is 14.3 Å². The Bertz CT molecular complexity index is 1040. The van der Waals surface area contributed by atoms with Crippen molar-refractivity contribution >= 4 is 29.4 Å². The van der Waals surface area contributed by atoms with Crippen LogP contribution in [0.15, 0.2) is 48.5 Å². The fourth-order valence-corrected chi connectivity index (χ4v) is 2.86. The molecule has 11 heteroatoms. The van der Waals surface area contributed by atoms with Gasteiger partial charge < -0.3 is 14.8 Å². The van der Waals surface area contributed by atoms with Crippen molar-refractivity contribution in [1.29, 1.82) is 0 Å². The molecule has 0 aromatic heterocycles. The second-order valence-electron chi connectivity index (χ2n) is 6.33. The van der Waals surface area contributed by atoms with Crippen LogP contribution in [0, 0.1) is 10.1 Å². The molecule has 1 aliphatic heterocycles. The number of nitrogens with zero attached hydrogens (tertiary/aromatic N) is 2. The van der Waals surface area contributed by atoms with Crippen molar-refractivity contribution in [3.05, 3.63) is 69.8 Å². The fraction of sp³-hybridized carbons (Fsp3) is 0.200. The standard InChI is InChI=1S/C20H17N3O8/c24-16(21-9-10-30-13-5-2-1-3-6-13)12-31-17(25)11-22-19(26)14-7-4-8-15(23(28)29)18(14)20(22)27/h1-8H,9-12H2,(H,21,24). The number of ether oxygens (including phenoxy) is 2. The summed E-state index contributed by atoms with van der Waals surface area (Å²) in [5.74, 6) is -2.77. The highest BCUT2D eigenvalue weighted by Gasteiger charge is 2.41. The smallest absolute Gasteiger partial charge is 0.326 e. The van der Waals surface area contributed by atoms with E-state index >= 15 is 0 Å². The minimum absolute atomic E-state index is 0.164. The van der Waals surface area contributed by atoms with Gasteiger partial charge in [-0.25, -0.2) is 0 Å². The van der Waals surface area contributed by atoms with Crippen LogP contribution in [-0.4, -0.2) is 59.8 Å². The Morgan fingerprint density at radius 3 is 2.48 bits per heavy atom. The monoisotopic (exact) mass is 427 g/mol. The molecule has 0 bridgehead atoms. The van der Waals surface area contributed by atoms with Crippen molar-refractivity contribution in [3.63, 3.8) is 0 Å². The van der Waals surface area contributed by atoms with E-state index in [1.54, 1.807) is 24.3 Å². The molecule has 0 saturated heterocycles. The average Bonchev–Trinajstić information content (AvgIpc) is 3.01. The van der Waals surface area contributed by atoms with Gasteiger partial charge in [-0.1, -0.05) is 24.3 Å². The first-order chi connectivity index (χ1) is 14.9. The lowest BCUT2D eigenvalue weighted by atomic mass is 10.1. The highest BCUT2D eigenvalue weighted by Crippen LogP contribution is 2.30. The molecule has 2 aromatic carbocycles. The minimum atomic E-state index is -1.01. The third-order valence-electron chi connectivity index (χ3n) is 4.26. The van der Waals surface area contributed by atoms with Gasteiger partial charge in [0.1, 0.15) is 24.5 Å². The topological polar surface area (TPSA) is 145 Å². The summed E-state index contributed by atoms with van der Waals surface area (Å²) in [7, 11) is 0. The Labute approximate surface area is 175 Å². The van der Waals surface area contributed by atoms with E-state index in [4.69, 9.17) is 9.47 Å². The molecular weight excluding hydrogens is 410 g/mol. The summed E-state index contributed by atoms with van der Waals surface area (Å²) in [5.41, 5.74) is -1.06. The number of benzene rings is 2. The van der Waals surface area contributed by atoms with E-state index in [1.807, 2.05) is 6.07 Å². The molecule has 0 unspecified atom stereocenters. The van der Waals surface area contributed by atoms with Gasteiger partial charge in [0.2, 0.25) is 0 Å². The van der Waals surface area contributed by atoms with E-state index in [9.17, 15) is 29.3 Å². The number of hydrogen-bond acceptors (Lipinski definition) is 8. The lowest BCUT2D eigenvalue weighted by molar-refractivity contribution is -0.385. The van der Waals surface area contributed by atoms with Crippen molar-refractivity contribution in [2.75, 3.05) is 26.3 Å². The molecule has 0 saturated carbocycles. The first-order valence-corrected chi connectivity index (χ1v) is 9.12. The molecular formula is C20H17N3O8. The number of nitro benzene ring substituents is 1. The van der Waals surface area contributed by atoms with Crippen LogP contribution in [0.25, 0.3) is 0 Å². The highest BCUT2D eigenvalue weighted by atomic mass is 16.6. The van der Waals surface area contributed by atoms with Crippen LogP contribution in [0.1, 0.15) is 20.7 Å². The molecule has 1 N–H and O–H groups in total. The van der Waals surface area contributed by atoms with E-state index in [0.717, 1.165) is 6.07 Å². The second-order valence-corrected chi connectivity index (χ2v) is 6.33. The van der Waals surface area contributed by atoms with Crippen LogP contribution in [0.4, 0.5) is 5.69 Å². The first-order valence-electron chi connectivity index (χ1n) is 9.12. The van der Waals surface area contributed by atoms with E-state index in [0.29, 0.717) is 10.6 Å². The quantitative estimate of drug-likeness (QED) is 0.204. The molecule has 1 aliphatic rings. The Kier molecular flexibility index (Phi) is 6.55. The molecule has 1 heterocycles. The van der Waals surface area contributed by atoms with Crippen LogP contribution < -0.4 is 10.1 Å². The van der Waals surface area contributed by atoms with Gasteiger partial charge in [0.05, 0.1) is 17.0 Å². The van der Waals surface area contributed by atoms with Gasteiger partial charge >= 0.3 is 5.97 Å². The van der Waals surface area contributed by atoms with Crippen molar-refractivity contribution < 1.29 is 33.6 Å². The third-order valence-corrected chi connectivity index (χ3v) is 4.26. The van der Waals surface area contributed by atoms with E-state index < -0.39 is 47.5 Å². The summed E-state index contributed by atoms with van der Waals surface area (Å²) < 4.78 is 10.2. The van der Waals surface area contributed by atoms with Crippen LogP contribution >= 0.6 is 0 Å². The maximum atomic E-state index is 12.4. The number of fused-ring (bicyclic) bond motifs is 1. The summed E-state index contributed by atoms with van der Waals surface area (Å²) in [6.45, 7) is -1.01. The predicted molar refractivity (Wildman–Crippen MR) is 104 cm³/mol. The van der Waals surface area contributed by atoms with Gasteiger partial charge in [-0.05, 0) is 18.2 Å². The van der Waals surface area contributed by atoms with Gasteiger partial charge in [0.25, 0.3) is 23.4 Å². The van der Waals surface area contributed by atoms with Crippen molar-refractivity contribution in [2.24, 2.45) is 0 Å². The summed E-state index contributed by atoms with van der Waals surface area (Å²) >= 11 is 0. The Hall–Kier alpha value is -4.28. The summed E-state index contributed by atoms with van der Waals surface area (Å²) in [6, 6.07) is 12.6. The van der Waals surface area contributed by atoms with Gasteiger partial charge in [-0.15, -0.1) is 0 Å². The molecule has 3 amide bonds. The number of nitrogens with one attached hydrogen (secondary N) is 1. The average molecular weight is 427 g/mol. The molecule has 0 atom stereocenters. The number of rotatable bonds is 9. The van der Waals surface area contributed by atoms with E-state index in [-0.39, 0.29) is 24.3 Å². The lowest BCUT2D eigenvalue weighted by Gasteiger charge is -2.13. The normalized spacial score (nSPS) is 12.3. The van der Waals surface area contributed by atoms with Gasteiger partial charge in [-0.2, -0.15) is 0 Å². The van der Waals surface area contributed by atoms with Crippen molar-refractivity contribution in [2.45, 2.75) is 0 Å². The largest absolute Gasteiger partial charge is 0.492 e. The molecule has 11 nitrogen and oxygen atoms in total. The van der Waals surface area contributed by atoms with Gasteiger partial charge in [0.15, 0.2) is 6.61 Å². The van der Waals surface area contributed by atoms with Crippen LogP contribution in [0.2, 0.25) is 0 Å². The molecule has 3 rings (SSSR count). The molecule has 2 aromatic rings. The first kappa shape index (κ1) is 21.4. The molecule has 31 heavy (non-hydrogen) atoms. The maximum absolute atomic E-state index is 12.4. The molecule has 0 radical (unpaired) electrons. The van der Waals surface area contributed by atoms with E-state index in [2.05, 4.69) is 5.32 Å². The lowest BCUT2D eigenvalue weighted by Crippen LogP contribution is -2.37. The molecule has 0 aliphatic carbocycles. The highest BCUT2D eigenvalue weighted by molar-refractivity contribution is 6.24. The van der Waals surface area contributed by atoms with Crippen LogP contribution in [0.3, 0.4) is 0 Å². The molecule has 0 spiro atoms. The number of nitro groups is 1. The Morgan fingerprint density at radius 2 is 1.77 bits per heavy atom. The summed E-state index contributed by atoms with van der Waals surface area (Å²) in [5, 5.41) is 13.6. The summed E-state index contributed by atoms with van der Waals surface area (Å²) in [4.78, 5) is 59.3. The molecule has 160 valence electrons. The Morgan fingerprint density at radius 1 is 1.03 bits per heavy atom. The number of carbonyl (C=O) groups excluding carboxylic acids is 4. The number of amides is 3. The SMILES string of the molecule is O=C(COC(=O)CN1C(=O)c2cccc([N+](=O)[O-])c2C1=O)NCCOc1ccccc1. The number of esters is 1. The number of carbonyl (C=O) groups is 4. The second kappa shape index (κ2) is 9.48. The fourth-order valence-electron chi connectivity index (χ4n) is 2.86. The zero-order valence-corrected chi connectivity index (χ0v) is 16.1. The maximum Gasteiger partial charge on any atom is 0.326 e. The minimum Gasteiger partial charge on any atom is -0.492 e. The summed E-state index contributed by atoms with van der Waals surface area (Å²) in [6.07, 6.45) is 0. The number of imide groups is 1. The molecule has 0 fully saturated rings. The van der Waals surface area contributed by atoms with Crippen molar-refractivity contribution in [1.82, 2.24) is 10.2 Å². The van der Waals surface area contributed by atoms with E-state index in [1.165, 1.54) is 12.1 Å². The van der Waals surface area contributed by atoms with Gasteiger partial charge in [0, 0.05) is 6.07 Å². The zero-order chi connectivity index (χ0) is 22.4.